The summed E-state index contributed by atoms with van der Waals surface area (Å²) in [5.74, 6) is 3.41. The van der Waals surface area contributed by atoms with Crippen molar-refractivity contribution in [3.63, 3.8) is 0 Å². The summed E-state index contributed by atoms with van der Waals surface area (Å²) in [5.41, 5.74) is 7.20. The van der Waals surface area contributed by atoms with E-state index in [9.17, 15) is 0 Å². The maximum atomic E-state index is 5.30. The van der Waals surface area contributed by atoms with E-state index in [4.69, 9.17) is 6.42 Å². The molecule has 27 heavy (non-hydrogen) atoms. The minimum atomic E-state index is 0.840. The smallest absolute Gasteiger partial charge is 0.0485 e. The molecule has 0 spiro atoms. The average Bonchev–Trinajstić information content (AvgIpc) is 2.84. The highest BCUT2D eigenvalue weighted by Gasteiger charge is 2.23. The van der Waals surface area contributed by atoms with Gasteiger partial charge in [-0.15, -0.1) is 6.42 Å². The summed E-state index contributed by atoms with van der Waals surface area (Å²) >= 11 is 0. The Morgan fingerprint density at radius 3 is 3.07 bits per heavy atom. The number of hydrogen-bond donors (Lipinski definition) is 0. The lowest BCUT2D eigenvalue weighted by Crippen LogP contribution is -2.15. The molecule has 2 aliphatic carbocycles. The molecule has 0 N–H and O–H groups in total. The monoisotopic (exact) mass is 357 g/mol. The molecule has 1 atom stereocenters. The molecule has 0 aromatic carbocycles. The highest BCUT2D eigenvalue weighted by atomic mass is 15.0. The first-order chi connectivity index (χ1) is 13.2. The third kappa shape index (κ3) is 4.83. The van der Waals surface area contributed by atoms with E-state index in [2.05, 4.69) is 72.9 Å². The van der Waals surface area contributed by atoms with Gasteiger partial charge < -0.3 is 4.57 Å². The van der Waals surface area contributed by atoms with Gasteiger partial charge in [0.25, 0.3) is 0 Å². The fraction of sp³-hybridized carbons (Fsp3) is 0.385. The number of allylic oxidation sites excluding steroid dienone is 10. The van der Waals surface area contributed by atoms with Gasteiger partial charge in [-0.05, 0) is 68.2 Å². The first-order valence-corrected chi connectivity index (χ1v) is 10.2. The van der Waals surface area contributed by atoms with Crippen LogP contribution in [0.3, 0.4) is 0 Å². The van der Waals surface area contributed by atoms with Gasteiger partial charge in [0.2, 0.25) is 0 Å². The van der Waals surface area contributed by atoms with Crippen molar-refractivity contribution in [2.45, 2.75) is 58.9 Å². The molecule has 0 amide bonds. The van der Waals surface area contributed by atoms with Crippen LogP contribution in [0, 0.1) is 18.3 Å². The normalized spacial score (nSPS) is 19.7. The Morgan fingerprint density at radius 1 is 1.37 bits per heavy atom. The molecule has 0 saturated heterocycles. The topological polar surface area (TPSA) is 4.93 Å². The maximum absolute atomic E-state index is 5.30. The molecule has 1 heteroatoms. The van der Waals surface area contributed by atoms with Crippen molar-refractivity contribution in [2.75, 3.05) is 0 Å². The summed E-state index contributed by atoms with van der Waals surface area (Å²) in [6.45, 7) is 5.46. The molecule has 1 aromatic rings. The van der Waals surface area contributed by atoms with Crippen molar-refractivity contribution in [1.82, 2.24) is 4.57 Å². The molecule has 2 aliphatic rings. The molecule has 1 aromatic heterocycles. The van der Waals surface area contributed by atoms with Crippen molar-refractivity contribution in [3.05, 3.63) is 77.2 Å². The zero-order valence-electron chi connectivity index (χ0n) is 16.7. The summed E-state index contributed by atoms with van der Waals surface area (Å²) < 4.78 is 2.55. The second-order valence-corrected chi connectivity index (χ2v) is 7.64. The van der Waals surface area contributed by atoms with Crippen LogP contribution in [0.5, 0.6) is 0 Å². The van der Waals surface area contributed by atoms with Crippen molar-refractivity contribution in [2.24, 2.45) is 5.92 Å². The van der Waals surface area contributed by atoms with E-state index in [0.717, 1.165) is 25.3 Å². The number of hydrogen-bond acceptors (Lipinski definition) is 0. The van der Waals surface area contributed by atoms with Crippen LogP contribution >= 0.6 is 0 Å². The lowest BCUT2D eigenvalue weighted by molar-refractivity contribution is 0.436. The molecule has 3 rings (SSSR count). The van der Waals surface area contributed by atoms with Gasteiger partial charge in [-0.2, -0.15) is 0 Å². The number of terminal acetylenes is 1. The van der Waals surface area contributed by atoms with Crippen LogP contribution in [0.15, 0.2) is 60.2 Å². The number of nitrogens with zero attached hydrogens (tertiary/aromatic N) is 1. The predicted octanol–water partition coefficient (Wildman–Crippen LogP) is 6.43. The molecule has 1 nitrogen and oxygen atoms in total. The molecule has 140 valence electrons. The summed E-state index contributed by atoms with van der Waals surface area (Å²) in [7, 11) is 0. The largest absolute Gasteiger partial charge is 0.341 e. The van der Waals surface area contributed by atoms with Gasteiger partial charge in [0.15, 0.2) is 0 Å². The van der Waals surface area contributed by atoms with Gasteiger partial charge in [0.05, 0.1) is 0 Å². The molecule has 0 fully saturated rings. The Kier molecular flexibility index (Phi) is 6.77. The average molecular weight is 358 g/mol. The molecule has 0 radical (unpaired) electrons. The summed E-state index contributed by atoms with van der Waals surface area (Å²) in [5, 5.41) is 0. The summed E-state index contributed by atoms with van der Waals surface area (Å²) in [4.78, 5) is 0. The Morgan fingerprint density at radius 2 is 2.26 bits per heavy atom. The van der Waals surface area contributed by atoms with Gasteiger partial charge in [-0.3, -0.25) is 0 Å². The van der Waals surface area contributed by atoms with Crippen molar-refractivity contribution in [3.8, 4) is 12.3 Å². The van der Waals surface area contributed by atoms with E-state index in [0.29, 0.717) is 0 Å². The minimum absolute atomic E-state index is 0.840. The molecule has 0 saturated carbocycles. The second kappa shape index (κ2) is 9.47. The summed E-state index contributed by atoms with van der Waals surface area (Å²) in [6, 6.07) is 2.46. The van der Waals surface area contributed by atoms with Crippen LogP contribution in [-0.4, -0.2) is 4.57 Å². The van der Waals surface area contributed by atoms with E-state index in [1.54, 1.807) is 17.3 Å². The Labute approximate surface area is 164 Å². The Hall–Kier alpha value is -2.46. The fourth-order valence-corrected chi connectivity index (χ4v) is 4.08. The maximum Gasteiger partial charge on any atom is 0.0485 e. The zero-order valence-corrected chi connectivity index (χ0v) is 16.7. The van der Waals surface area contributed by atoms with Crippen LogP contribution in [0.4, 0.5) is 0 Å². The third-order valence-electron chi connectivity index (χ3n) is 5.74. The lowest BCUT2D eigenvalue weighted by atomic mass is 9.86. The third-order valence-corrected chi connectivity index (χ3v) is 5.74. The molecule has 0 aliphatic heterocycles. The van der Waals surface area contributed by atoms with Crippen LogP contribution in [0.2, 0.25) is 0 Å². The van der Waals surface area contributed by atoms with E-state index in [1.165, 1.54) is 42.5 Å². The van der Waals surface area contributed by atoms with Crippen LogP contribution < -0.4 is 0 Å². The molecule has 1 unspecified atom stereocenters. The molecular weight excluding hydrogens is 326 g/mol. The first-order valence-electron chi connectivity index (χ1n) is 10.2. The Balaban J connectivity index is 1.92. The highest BCUT2D eigenvalue weighted by Crippen LogP contribution is 2.33. The Bertz CT molecular complexity index is 846. The van der Waals surface area contributed by atoms with Crippen molar-refractivity contribution >= 4 is 5.57 Å². The first kappa shape index (κ1) is 19.3. The molecule has 0 bridgehead atoms. The SMILES string of the molecule is C#C/C=C\C/C(C)=C\Cn1c(C2=CCC=CC=C2)cc2c1CCC(CC)C2. The van der Waals surface area contributed by atoms with Crippen LogP contribution in [-0.2, 0) is 19.4 Å². The van der Waals surface area contributed by atoms with Crippen molar-refractivity contribution < 1.29 is 0 Å². The second-order valence-electron chi connectivity index (χ2n) is 7.64. The minimum Gasteiger partial charge on any atom is -0.341 e. The van der Waals surface area contributed by atoms with E-state index >= 15 is 0 Å². The molecule has 1 heterocycles. The number of aromatic nitrogens is 1. The molecular formula is C26H31N. The van der Waals surface area contributed by atoms with Crippen LogP contribution in [0.25, 0.3) is 5.57 Å². The predicted molar refractivity (Wildman–Crippen MR) is 117 cm³/mol. The van der Waals surface area contributed by atoms with E-state index in [-0.39, 0.29) is 0 Å². The van der Waals surface area contributed by atoms with E-state index < -0.39 is 0 Å². The fourth-order valence-electron chi connectivity index (χ4n) is 4.08. The van der Waals surface area contributed by atoms with E-state index in [1.807, 2.05) is 0 Å². The van der Waals surface area contributed by atoms with Gasteiger partial charge in [-0.1, -0.05) is 67.4 Å². The van der Waals surface area contributed by atoms with Gasteiger partial charge in [-0.25, -0.2) is 0 Å². The number of rotatable bonds is 6. The van der Waals surface area contributed by atoms with Gasteiger partial charge in [0, 0.05) is 17.9 Å². The zero-order chi connectivity index (χ0) is 19.1. The standard InChI is InChI=1S/C26H31N/c1-4-6-9-12-21(3)17-18-27-25-16-15-22(5-2)19-24(25)20-26(27)23-13-10-7-8-11-14-23/h1,6-10,13-14,17,20,22H,5,11-12,15-16,18-19H2,2-3H3/b9-6-,21-17-. The highest BCUT2D eigenvalue weighted by molar-refractivity contribution is 5.74. The quantitative estimate of drug-likeness (QED) is 0.408. The van der Waals surface area contributed by atoms with Gasteiger partial charge in [0.1, 0.15) is 0 Å². The lowest BCUT2D eigenvalue weighted by Gasteiger charge is -2.23. The van der Waals surface area contributed by atoms with Crippen molar-refractivity contribution in [1.29, 1.82) is 0 Å². The van der Waals surface area contributed by atoms with Gasteiger partial charge >= 0.3 is 0 Å². The summed E-state index contributed by atoms with van der Waals surface area (Å²) in [6.07, 6.45) is 29.6. The van der Waals surface area contributed by atoms with Crippen LogP contribution in [0.1, 0.15) is 56.5 Å². The number of fused-ring (bicyclic) bond motifs is 1.